The van der Waals surface area contributed by atoms with Crippen LogP contribution >= 0.6 is 11.8 Å². The van der Waals surface area contributed by atoms with Crippen LogP contribution < -0.4 is 9.64 Å². The Labute approximate surface area is 204 Å². The lowest BCUT2D eigenvalue weighted by Crippen LogP contribution is -2.37. The molecule has 1 heterocycles. The fourth-order valence-corrected chi connectivity index (χ4v) is 7.01. The van der Waals surface area contributed by atoms with Gasteiger partial charge in [0.05, 0.1) is 33.6 Å². The van der Waals surface area contributed by atoms with Crippen molar-refractivity contribution in [1.29, 1.82) is 0 Å². The number of aliphatic carboxylic acids is 1. The molecule has 1 atom stereocenters. The number of carboxylic acid groups (broad SMARTS) is 1. The number of rotatable bonds is 9. The highest BCUT2D eigenvalue weighted by Gasteiger charge is 2.42. The van der Waals surface area contributed by atoms with Gasteiger partial charge in [-0.25, -0.2) is 17.6 Å². The van der Waals surface area contributed by atoms with Gasteiger partial charge in [0.1, 0.15) is 11.6 Å². The highest BCUT2D eigenvalue weighted by molar-refractivity contribution is 7.98. The largest absolute Gasteiger partial charge is 0.478 e. The zero-order chi connectivity index (χ0) is 24.9. The van der Waals surface area contributed by atoms with E-state index in [0.717, 1.165) is 31.6 Å². The highest BCUT2D eigenvalue weighted by atomic mass is 32.2. The summed E-state index contributed by atoms with van der Waals surface area (Å²) < 4.78 is 46.7. The molecule has 0 aromatic heterocycles. The minimum atomic E-state index is -3.71. The molecular weight excluding hydrogens is 477 g/mol. The van der Waals surface area contributed by atoms with Crippen molar-refractivity contribution < 1.29 is 27.4 Å². The van der Waals surface area contributed by atoms with Crippen LogP contribution in [0, 0.1) is 11.2 Å². The van der Waals surface area contributed by atoms with E-state index in [1.54, 1.807) is 18.2 Å². The number of nitrogens with zero attached hydrogens (tertiary/aromatic N) is 1. The molecule has 1 aliphatic heterocycles. The Morgan fingerprint density at radius 2 is 1.97 bits per heavy atom. The molecule has 0 saturated heterocycles. The van der Waals surface area contributed by atoms with E-state index >= 15 is 0 Å². The zero-order valence-corrected chi connectivity index (χ0v) is 21.2. The van der Waals surface area contributed by atoms with Crippen molar-refractivity contribution in [2.24, 2.45) is 5.41 Å². The van der Waals surface area contributed by atoms with Crippen LogP contribution in [0.2, 0.25) is 0 Å². The summed E-state index contributed by atoms with van der Waals surface area (Å²) in [5, 5.41) is 8.86. The summed E-state index contributed by atoms with van der Waals surface area (Å²) in [6, 6.07) is 9.31. The molecule has 1 aliphatic rings. The van der Waals surface area contributed by atoms with Crippen molar-refractivity contribution in [3.05, 3.63) is 54.6 Å². The normalized spacial score (nSPS) is 19.6. The van der Waals surface area contributed by atoms with Crippen LogP contribution in [0.4, 0.5) is 15.8 Å². The SMILES string of the molecule is CCCCC1(CC)CN(c2ccc(F)cc2)c2cc(SC)c(O/C=C/C(=O)O)cc2S(=O)(=O)C1. The number of ether oxygens (including phenoxy) is 1. The lowest BCUT2D eigenvalue weighted by molar-refractivity contribution is -0.131. The van der Waals surface area contributed by atoms with E-state index in [9.17, 15) is 17.6 Å². The summed E-state index contributed by atoms with van der Waals surface area (Å²) in [5.41, 5.74) is 0.740. The quantitative estimate of drug-likeness (QED) is 0.252. The van der Waals surface area contributed by atoms with E-state index in [1.165, 1.54) is 30.0 Å². The number of anilines is 2. The van der Waals surface area contributed by atoms with E-state index in [0.29, 0.717) is 29.2 Å². The second kappa shape index (κ2) is 10.8. The maximum absolute atomic E-state index is 13.7. The Kier molecular flexibility index (Phi) is 8.30. The number of thioether (sulfide) groups is 1. The fourth-order valence-electron chi connectivity index (χ4n) is 4.30. The Morgan fingerprint density at radius 3 is 2.56 bits per heavy atom. The van der Waals surface area contributed by atoms with Gasteiger partial charge in [0.25, 0.3) is 0 Å². The van der Waals surface area contributed by atoms with Crippen molar-refractivity contribution in [2.75, 3.05) is 23.5 Å². The molecule has 0 amide bonds. The van der Waals surface area contributed by atoms with Crippen LogP contribution in [0.25, 0.3) is 0 Å². The molecule has 0 saturated carbocycles. The summed E-state index contributed by atoms with van der Waals surface area (Å²) >= 11 is 1.37. The predicted molar refractivity (Wildman–Crippen MR) is 133 cm³/mol. The number of carboxylic acids is 1. The zero-order valence-electron chi connectivity index (χ0n) is 19.6. The van der Waals surface area contributed by atoms with Crippen LogP contribution in [0.1, 0.15) is 39.5 Å². The van der Waals surface area contributed by atoms with Gasteiger partial charge in [-0.3, -0.25) is 0 Å². The van der Waals surface area contributed by atoms with Crippen molar-refractivity contribution in [2.45, 2.75) is 49.3 Å². The first-order valence-corrected chi connectivity index (χ1v) is 14.1. The fraction of sp³-hybridized carbons (Fsp3) is 0.400. The van der Waals surface area contributed by atoms with Gasteiger partial charge >= 0.3 is 5.97 Å². The monoisotopic (exact) mass is 507 g/mol. The molecule has 0 spiro atoms. The van der Waals surface area contributed by atoms with E-state index in [1.807, 2.05) is 18.1 Å². The molecule has 34 heavy (non-hydrogen) atoms. The predicted octanol–water partition coefficient (Wildman–Crippen LogP) is 6.04. The van der Waals surface area contributed by atoms with Gasteiger partial charge in [0, 0.05) is 23.7 Å². The maximum atomic E-state index is 13.7. The Bertz CT molecular complexity index is 1160. The molecule has 0 radical (unpaired) electrons. The third kappa shape index (κ3) is 5.75. The molecule has 184 valence electrons. The molecule has 1 N–H and O–H groups in total. The van der Waals surface area contributed by atoms with Gasteiger partial charge in [-0.2, -0.15) is 0 Å². The second-order valence-electron chi connectivity index (χ2n) is 8.51. The summed E-state index contributed by atoms with van der Waals surface area (Å²) in [6.07, 6.45) is 7.01. The van der Waals surface area contributed by atoms with Gasteiger partial charge in [-0.15, -0.1) is 11.8 Å². The standard InChI is InChI=1S/C25H30FNO5S2/c1-4-6-12-25(5-2)16-27(19-9-7-18(26)8-10-19)20-14-22(33-3)21(32-13-11-24(28)29)15-23(20)34(30,31)17-25/h7-11,13-15H,4-6,12,16-17H2,1-3H3,(H,28,29)/b13-11+. The van der Waals surface area contributed by atoms with Gasteiger partial charge in [-0.1, -0.05) is 26.7 Å². The van der Waals surface area contributed by atoms with Crippen molar-refractivity contribution in [3.8, 4) is 5.75 Å². The number of benzene rings is 2. The first-order valence-electron chi connectivity index (χ1n) is 11.2. The van der Waals surface area contributed by atoms with Crippen molar-refractivity contribution >= 4 is 38.9 Å². The van der Waals surface area contributed by atoms with Crippen LogP contribution in [-0.4, -0.2) is 38.0 Å². The first-order chi connectivity index (χ1) is 16.1. The minimum absolute atomic E-state index is 0.00971. The molecule has 1 unspecified atom stereocenters. The molecule has 0 bridgehead atoms. The third-order valence-electron chi connectivity index (χ3n) is 6.22. The van der Waals surface area contributed by atoms with E-state index < -0.39 is 21.2 Å². The molecule has 2 aromatic carbocycles. The maximum Gasteiger partial charge on any atom is 0.331 e. The van der Waals surface area contributed by atoms with E-state index in [4.69, 9.17) is 9.84 Å². The van der Waals surface area contributed by atoms with Gasteiger partial charge in [0.2, 0.25) is 0 Å². The lowest BCUT2D eigenvalue weighted by atomic mass is 9.81. The third-order valence-corrected chi connectivity index (χ3v) is 8.96. The minimum Gasteiger partial charge on any atom is -0.478 e. The summed E-state index contributed by atoms with van der Waals surface area (Å²) in [4.78, 5) is 13.6. The molecule has 2 aromatic rings. The van der Waals surface area contributed by atoms with E-state index in [2.05, 4.69) is 6.92 Å². The second-order valence-corrected chi connectivity index (χ2v) is 11.3. The molecule has 6 nitrogen and oxygen atoms in total. The molecule has 3 rings (SSSR count). The van der Waals surface area contributed by atoms with Crippen LogP contribution in [0.5, 0.6) is 5.75 Å². The smallest absolute Gasteiger partial charge is 0.331 e. The van der Waals surface area contributed by atoms with Gasteiger partial charge < -0.3 is 14.7 Å². The van der Waals surface area contributed by atoms with Crippen molar-refractivity contribution in [1.82, 2.24) is 0 Å². The Balaban J connectivity index is 2.24. The average Bonchev–Trinajstić information content (AvgIpc) is 2.90. The lowest BCUT2D eigenvalue weighted by Gasteiger charge is -2.36. The first kappa shape index (κ1) is 26.1. The number of halogens is 1. The molecular formula is C25H30FNO5S2. The number of hydrogen-bond acceptors (Lipinski definition) is 6. The number of fused-ring (bicyclic) bond motifs is 1. The van der Waals surface area contributed by atoms with E-state index in [-0.39, 0.29) is 22.2 Å². The molecule has 9 heteroatoms. The average molecular weight is 508 g/mol. The summed E-state index contributed by atoms with van der Waals surface area (Å²) in [5.74, 6) is -1.27. The van der Waals surface area contributed by atoms with Crippen molar-refractivity contribution in [3.63, 3.8) is 0 Å². The highest BCUT2D eigenvalue weighted by Crippen LogP contribution is 2.47. The Morgan fingerprint density at radius 1 is 1.26 bits per heavy atom. The van der Waals surface area contributed by atoms with Crippen LogP contribution in [-0.2, 0) is 14.6 Å². The number of hydrogen-bond donors (Lipinski definition) is 1. The van der Waals surface area contributed by atoms with Gasteiger partial charge in [0.15, 0.2) is 9.84 Å². The van der Waals surface area contributed by atoms with Gasteiger partial charge in [-0.05, 0) is 49.4 Å². The molecule has 0 aliphatic carbocycles. The number of sulfone groups is 1. The van der Waals surface area contributed by atoms with Crippen LogP contribution in [0.15, 0.2) is 58.5 Å². The summed E-state index contributed by atoms with van der Waals surface area (Å²) in [7, 11) is -3.71. The number of unbranched alkanes of at least 4 members (excludes halogenated alkanes) is 1. The summed E-state index contributed by atoms with van der Waals surface area (Å²) in [6.45, 7) is 4.58. The van der Waals surface area contributed by atoms with Crippen LogP contribution in [0.3, 0.4) is 0 Å². The molecule has 0 fully saturated rings. The topological polar surface area (TPSA) is 83.9 Å². The Hall–Kier alpha value is -2.52. The number of carbonyl (C=O) groups is 1.